The van der Waals surface area contributed by atoms with Gasteiger partial charge in [-0.05, 0) is 36.2 Å². The lowest BCUT2D eigenvalue weighted by Gasteiger charge is -2.12. The maximum absolute atomic E-state index is 12.0. The molecule has 0 spiro atoms. The number of amides is 1. The summed E-state index contributed by atoms with van der Waals surface area (Å²) in [7, 11) is 3.96. The quantitative estimate of drug-likeness (QED) is 0.608. The molecule has 2 aromatic carbocycles. The van der Waals surface area contributed by atoms with Crippen molar-refractivity contribution in [3.63, 3.8) is 0 Å². The van der Waals surface area contributed by atoms with E-state index in [1.165, 1.54) is 0 Å². The standard InChI is InChI=1S/C19H22ClN3O2/c1-14(19(24)21-13-16-6-4-5-7-18(16)20)25-22-12-15-8-10-17(11-9-15)23(2)3/h4-12,14H,13H2,1-3H3,(H,21,24)/b22-12+. The monoisotopic (exact) mass is 359 g/mol. The van der Waals surface area contributed by atoms with Crippen molar-refractivity contribution >= 4 is 29.4 Å². The summed E-state index contributed by atoms with van der Waals surface area (Å²) in [4.78, 5) is 19.3. The first-order valence-electron chi connectivity index (χ1n) is 7.95. The lowest BCUT2D eigenvalue weighted by atomic mass is 10.2. The van der Waals surface area contributed by atoms with E-state index in [0.717, 1.165) is 16.8 Å². The van der Waals surface area contributed by atoms with Crippen molar-refractivity contribution in [2.75, 3.05) is 19.0 Å². The molecule has 0 aliphatic heterocycles. The topological polar surface area (TPSA) is 53.9 Å². The molecule has 0 radical (unpaired) electrons. The van der Waals surface area contributed by atoms with Gasteiger partial charge in [-0.25, -0.2) is 0 Å². The highest BCUT2D eigenvalue weighted by atomic mass is 35.5. The number of rotatable bonds is 7. The Kier molecular flexibility index (Phi) is 6.83. The molecule has 0 aromatic heterocycles. The Morgan fingerprint density at radius 3 is 2.56 bits per heavy atom. The first-order chi connectivity index (χ1) is 12.0. The summed E-state index contributed by atoms with van der Waals surface area (Å²) in [5.41, 5.74) is 2.86. The number of oxime groups is 1. The zero-order valence-electron chi connectivity index (χ0n) is 14.6. The van der Waals surface area contributed by atoms with Crippen LogP contribution in [0.15, 0.2) is 53.7 Å². The van der Waals surface area contributed by atoms with Crippen LogP contribution in [-0.4, -0.2) is 32.3 Å². The number of benzene rings is 2. The number of nitrogens with one attached hydrogen (secondary N) is 1. The van der Waals surface area contributed by atoms with Gasteiger partial charge in [0, 0.05) is 31.4 Å². The molecule has 0 bridgehead atoms. The Balaban J connectivity index is 1.81. The lowest BCUT2D eigenvalue weighted by Crippen LogP contribution is -2.33. The second-order valence-electron chi connectivity index (χ2n) is 5.78. The zero-order chi connectivity index (χ0) is 18.2. The highest BCUT2D eigenvalue weighted by Crippen LogP contribution is 2.14. The Hall–Kier alpha value is -2.53. The molecule has 1 atom stereocenters. The molecule has 5 nitrogen and oxygen atoms in total. The smallest absolute Gasteiger partial charge is 0.263 e. The van der Waals surface area contributed by atoms with Crippen LogP contribution in [0.4, 0.5) is 5.69 Å². The zero-order valence-corrected chi connectivity index (χ0v) is 15.3. The van der Waals surface area contributed by atoms with Crippen molar-refractivity contribution in [1.82, 2.24) is 5.32 Å². The maximum Gasteiger partial charge on any atom is 0.263 e. The first-order valence-corrected chi connectivity index (χ1v) is 8.33. The van der Waals surface area contributed by atoms with Crippen LogP contribution in [0.5, 0.6) is 0 Å². The number of carbonyl (C=O) groups excluding carboxylic acids is 1. The fourth-order valence-electron chi connectivity index (χ4n) is 2.06. The van der Waals surface area contributed by atoms with Crippen LogP contribution in [0.2, 0.25) is 5.02 Å². The van der Waals surface area contributed by atoms with Gasteiger partial charge in [0.05, 0.1) is 6.21 Å². The van der Waals surface area contributed by atoms with Crippen molar-refractivity contribution in [1.29, 1.82) is 0 Å². The molecule has 2 aromatic rings. The van der Waals surface area contributed by atoms with Crippen molar-refractivity contribution < 1.29 is 9.63 Å². The van der Waals surface area contributed by atoms with Crippen LogP contribution in [0.1, 0.15) is 18.1 Å². The molecule has 132 valence electrons. The van der Waals surface area contributed by atoms with Crippen molar-refractivity contribution in [2.45, 2.75) is 19.6 Å². The van der Waals surface area contributed by atoms with Gasteiger partial charge in [-0.2, -0.15) is 0 Å². The number of carbonyl (C=O) groups is 1. The van der Waals surface area contributed by atoms with Crippen molar-refractivity contribution in [2.24, 2.45) is 5.16 Å². The first kappa shape index (κ1) is 18.8. The molecule has 1 unspecified atom stereocenters. The summed E-state index contributed by atoms with van der Waals surface area (Å²) in [6.07, 6.45) is 0.886. The van der Waals surface area contributed by atoms with Crippen LogP contribution in [0.3, 0.4) is 0 Å². The maximum atomic E-state index is 12.0. The minimum atomic E-state index is -0.695. The van der Waals surface area contributed by atoms with Gasteiger partial charge >= 0.3 is 0 Å². The van der Waals surface area contributed by atoms with E-state index >= 15 is 0 Å². The minimum absolute atomic E-state index is 0.250. The van der Waals surface area contributed by atoms with Crippen LogP contribution >= 0.6 is 11.6 Å². The number of hydrogen-bond acceptors (Lipinski definition) is 4. The predicted molar refractivity (Wildman–Crippen MR) is 102 cm³/mol. The van der Waals surface area contributed by atoms with Crippen LogP contribution in [0.25, 0.3) is 0 Å². The summed E-state index contributed by atoms with van der Waals surface area (Å²) >= 11 is 6.06. The van der Waals surface area contributed by atoms with Gasteiger partial charge < -0.3 is 15.1 Å². The minimum Gasteiger partial charge on any atom is -0.383 e. The highest BCUT2D eigenvalue weighted by Gasteiger charge is 2.13. The average molecular weight is 360 g/mol. The Morgan fingerprint density at radius 2 is 1.92 bits per heavy atom. The van der Waals surface area contributed by atoms with Gasteiger partial charge in [0.2, 0.25) is 6.10 Å². The molecule has 0 saturated heterocycles. The van der Waals surface area contributed by atoms with Gasteiger partial charge in [0.1, 0.15) is 0 Å². The van der Waals surface area contributed by atoms with E-state index in [0.29, 0.717) is 11.6 Å². The van der Waals surface area contributed by atoms with E-state index in [1.807, 2.05) is 61.5 Å². The lowest BCUT2D eigenvalue weighted by molar-refractivity contribution is -0.131. The number of anilines is 1. The van der Waals surface area contributed by atoms with Gasteiger partial charge in [-0.15, -0.1) is 0 Å². The molecule has 2 rings (SSSR count). The summed E-state index contributed by atoms with van der Waals surface area (Å²) < 4.78 is 0. The third kappa shape index (κ3) is 5.80. The number of halogens is 1. The molecule has 0 fully saturated rings. The molecule has 1 N–H and O–H groups in total. The van der Waals surface area contributed by atoms with Crippen LogP contribution < -0.4 is 10.2 Å². The van der Waals surface area contributed by atoms with Crippen LogP contribution in [0, 0.1) is 0 Å². The summed E-state index contributed by atoms with van der Waals surface area (Å²) in [5.74, 6) is -0.250. The number of hydrogen-bond donors (Lipinski definition) is 1. The fourth-order valence-corrected chi connectivity index (χ4v) is 2.26. The van der Waals surface area contributed by atoms with E-state index in [-0.39, 0.29) is 5.91 Å². The highest BCUT2D eigenvalue weighted by molar-refractivity contribution is 6.31. The second kappa shape index (κ2) is 9.08. The molecule has 0 heterocycles. The van der Waals surface area contributed by atoms with Crippen molar-refractivity contribution in [3.05, 3.63) is 64.7 Å². The summed E-state index contributed by atoms with van der Waals surface area (Å²) in [6.45, 7) is 2.00. The number of nitrogens with zero attached hydrogens (tertiary/aromatic N) is 2. The van der Waals surface area contributed by atoms with Gasteiger partial charge in [-0.3, -0.25) is 4.79 Å². The van der Waals surface area contributed by atoms with Crippen molar-refractivity contribution in [3.8, 4) is 0 Å². The Bertz CT molecular complexity index is 730. The summed E-state index contributed by atoms with van der Waals surface area (Å²) in [5, 5.41) is 7.29. The third-order valence-electron chi connectivity index (χ3n) is 3.61. The average Bonchev–Trinajstić information content (AvgIpc) is 2.61. The van der Waals surface area contributed by atoms with Gasteiger partial charge in [0.15, 0.2) is 0 Å². The summed E-state index contributed by atoms with van der Waals surface area (Å²) in [6, 6.07) is 15.2. The molecular formula is C19H22ClN3O2. The predicted octanol–water partition coefficient (Wildman–Crippen LogP) is 3.46. The second-order valence-corrected chi connectivity index (χ2v) is 6.18. The van der Waals surface area contributed by atoms with E-state index < -0.39 is 6.10 Å². The molecule has 0 aliphatic carbocycles. The Morgan fingerprint density at radius 1 is 1.24 bits per heavy atom. The molecule has 0 saturated carbocycles. The van der Waals surface area contributed by atoms with E-state index in [4.69, 9.17) is 16.4 Å². The molecule has 1 amide bonds. The SMILES string of the molecule is CC(O/N=C/c1ccc(N(C)C)cc1)C(=O)NCc1ccccc1Cl. The molecule has 0 aliphatic rings. The van der Waals surface area contributed by atoms with E-state index in [9.17, 15) is 4.79 Å². The third-order valence-corrected chi connectivity index (χ3v) is 3.98. The molecular weight excluding hydrogens is 338 g/mol. The largest absolute Gasteiger partial charge is 0.383 e. The van der Waals surface area contributed by atoms with Gasteiger partial charge in [-0.1, -0.05) is 47.1 Å². The van der Waals surface area contributed by atoms with Gasteiger partial charge in [0.25, 0.3) is 5.91 Å². The molecule has 6 heteroatoms. The van der Waals surface area contributed by atoms with E-state index in [1.54, 1.807) is 19.2 Å². The normalized spacial score (nSPS) is 12.0. The molecule has 25 heavy (non-hydrogen) atoms. The Labute approximate surface area is 153 Å². The van der Waals surface area contributed by atoms with E-state index in [2.05, 4.69) is 10.5 Å². The van der Waals surface area contributed by atoms with Crippen LogP contribution in [-0.2, 0) is 16.2 Å². The fraction of sp³-hybridized carbons (Fsp3) is 0.263.